The molecule has 0 aromatic heterocycles. The first kappa shape index (κ1) is 41.8. The number of amides is 3. The summed E-state index contributed by atoms with van der Waals surface area (Å²) in [6.45, 7) is 8.82. The van der Waals surface area contributed by atoms with E-state index in [1.165, 1.54) is 0 Å². The molecule has 1 spiro atoms. The van der Waals surface area contributed by atoms with E-state index in [0.29, 0.717) is 79.4 Å². The first-order valence-corrected chi connectivity index (χ1v) is 24.3. The van der Waals surface area contributed by atoms with E-state index in [0.717, 1.165) is 16.7 Å². The molecule has 1 unspecified atom stereocenters. The number of hydrogen-bond donors (Lipinski definition) is 4. The fraction of sp³-hybridized carbons (Fsp3) is 0.426. The quantitative estimate of drug-likeness (QED) is 0.0962. The molecule has 60 heavy (non-hydrogen) atoms. The Kier molecular flexibility index (Phi) is 11.8. The van der Waals surface area contributed by atoms with Gasteiger partial charge in [0, 0.05) is 41.5 Å². The minimum Gasteiger partial charge on any atom is -0.494 e. The van der Waals surface area contributed by atoms with E-state index < -0.39 is 43.6 Å². The zero-order valence-corrected chi connectivity index (χ0v) is 35.8. The zero-order chi connectivity index (χ0) is 42.3. The predicted octanol–water partition coefficient (Wildman–Crippen LogP) is 5.85. The lowest BCUT2D eigenvalue weighted by Crippen LogP contribution is -2.49. The highest BCUT2D eigenvalue weighted by molar-refractivity contribution is 6.71. The van der Waals surface area contributed by atoms with Gasteiger partial charge in [0.25, 0.3) is 5.91 Å². The Labute approximate surface area is 352 Å². The van der Waals surface area contributed by atoms with Crippen LogP contribution in [0.15, 0.2) is 91.0 Å². The molecular weight excluding hydrogens is 777 g/mol. The molecular formula is C47H56N4O8Si. The molecule has 6 atom stereocenters. The van der Waals surface area contributed by atoms with Gasteiger partial charge < -0.3 is 34.7 Å². The summed E-state index contributed by atoms with van der Waals surface area (Å²) in [5, 5.41) is 23.3. The van der Waals surface area contributed by atoms with Gasteiger partial charge in [-0.3, -0.25) is 24.2 Å². The van der Waals surface area contributed by atoms with Crippen LogP contribution in [0.1, 0.15) is 55.4 Å². The van der Waals surface area contributed by atoms with Gasteiger partial charge in [-0.2, -0.15) is 0 Å². The predicted molar refractivity (Wildman–Crippen MR) is 232 cm³/mol. The van der Waals surface area contributed by atoms with E-state index in [9.17, 15) is 24.6 Å². The number of aliphatic hydroxyl groups is 2. The Morgan fingerprint density at radius 3 is 2.33 bits per heavy atom. The molecule has 4 aromatic carbocycles. The number of nitrogens with one attached hydrogen (secondary N) is 1. The topological polar surface area (TPSA) is 152 Å². The third-order valence-electron chi connectivity index (χ3n) is 12.9. The Balaban J connectivity index is 1.22. The molecule has 4 N–H and O–H groups in total. The average molecular weight is 833 g/mol. The summed E-state index contributed by atoms with van der Waals surface area (Å²) in [6, 6.07) is 27.7. The van der Waals surface area contributed by atoms with Gasteiger partial charge in [0.2, 0.25) is 11.8 Å². The molecule has 4 aliphatic heterocycles. The minimum absolute atomic E-state index is 0.0743. The summed E-state index contributed by atoms with van der Waals surface area (Å²) >= 11 is 0. The van der Waals surface area contributed by atoms with Crippen molar-refractivity contribution >= 4 is 48.8 Å². The van der Waals surface area contributed by atoms with Gasteiger partial charge in [-0.15, -0.1) is 0 Å². The lowest BCUT2D eigenvalue weighted by Gasteiger charge is -2.37. The van der Waals surface area contributed by atoms with Crippen molar-refractivity contribution in [2.45, 2.75) is 94.9 Å². The number of carbonyl (C=O) groups excluding carboxylic acids is 3. The number of rotatable bonds is 13. The summed E-state index contributed by atoms with van der Waals surface area (Å²) in [4.78, 5) is 61.6. The van der Waals surface area contributed by atoms with Crippen molar-refractivity contribution in [3.8, 4) is 5.75 Å². The molecule has 8 rings (SSSR count). The van der Waals surface area contributed by atoms with Crippen molar-refractivity contribution in [1.82, 2.24) is 10.2 Å². The van der Waals surface area contributed by atoms with Crippen LogP contribution in [-0.2, 0) is 44.1 Å². The van der Waals surface area contributed by atoms with Gasteiger partial charge in [-0.05, 0) is 117 Å². The van der Waals surface area contributed by atoms with Gasteiger partial charge in [0.1, 0.15) is 5.75 Å². The Morgan fingerprint density at radius 2 is 1.62 bits per heavy atom. The van der Waals surface area contributed by atoms with Crippen molar-refractivity contribution in [2.75, 3.05) is 36.2 Å². The standard InChI is InChI=1S/C47H56N4O8Si/c1-5-58-37-18-20-40-33(24-37)25-39(48-21-11-12-22-52)45(55)50(40)35-17-19-41-38(26-35)47(46(56)51(41)34-15-7-6-8-16-34)30(2)44(60(3,4)57)42(59-47)27-43(54)49-28-32-14-10-9-13-31(32)23-36(49)29-53/h6-10,13-20,24,26,30,36,39,42,44,48,52-53,57H,5,11-12,21-23,25,27-29H2,1-4H3/t30-,36+,39?,42+,44-,47+/m1/s1. The number of anilines is 4. The lowest BCUT2D eigenvalue weighted by atomic mass is 9.82. The van der Waals surface area contributed by atoms with Crippen molar-refractivity contribution in [3.63, 3.8) is 0 Å². The summed E-state index contributed by atoms with van der Waals surface area (Å²) in [6.07, 6.45) is 1.42. The molecule has 4 aliphatic rings. The largest absolute Gasteiger partial charge is 0.494 e. The Bertz CT molecular complexity index is 2250. The van der Waals surface area contributed by atoms with Crippen LogP contribution in [-0.4, -0.2) is 90.5 Å². The van der Waals surface area contributed by atoms with E-state index in [1.54, 1.807) is 14.7 Å². The smallest absolute Gasteiger partial charge is 0.268 e. The van der Waals surface area contributed by atoms with Crippen LogP contribution in [0.3, 0.4) is 0 Å². The number of para-hydroxylation sites is 1. The van der Waals surface area contributed by atoms with Gasteiger partial charge in [0.15, 0.2) is 13.9 Å². The molecule has 0 saturated carbocycles. The van der Waals surface area contributed by atoms with E-state index in [-0.39, 0.29) is 37.4 Å². The van der Waals surface area contributed by atoms with Crippen LogP contribution in [0.5, 0.6) is 5.75 Å². The average Bonchev–Trinajstić information content (AvgIpc) is 3.68. The minimum atomic E-state index is -3.16. The number of unbranched alkanes of at least 4 members (excludes halogenated alkanes) is 1. The highest BCUT2D eigenvalue weighted by Crippen LogP contribution is 2.61. The van der Waals surface area contributed by atoms with E-state index in [2.05, 4.69) is 5.32 Å². The van der Waals surface area contributed by atoms with Gasteiger partial charge in [-0.1, -0.05) is 49.4 Å². The third kappa shape index (κ3) is 7.35. The molecule has 0 aliphatic carbocycles. The molecule has 0 radical (unpaired) electrons. The maximum absolute atomic E-state index is 15.4. The second-order valence-electron chi connectivity index (χ2n) is 17.1. The summed E-state index contributed by atoms with van der Waals surface area (Å²) < 4.78 is 13.0. The number of aliphatic hydroxyl groups excluding tert-OH is 2. The van der Waals surface area contributed by atoms with Gasteiger partial charge in [0.05, 0.1) is 49.2 Å². The van der Waals surface area contributed by atoms with Crippen molar-refractivity contribution in [3.05, 3.63) is 113 Å². The van der Waals surface area contributed by atoms with E-state index >= 15 is 4.79 Å². The molecule has 0 bridgehead atoms. The zero-order valence-electron chi connectivity index (χ0n) is 34.8. The summed E-state index contributed by atoms with van der Waals surface area (Å²) in [5.74, 6) is -0.536. The normalized spacial score (nSPS) is 24.8. The van der Waals surface area contributed by atoms with Crippen molar-refractivity contribution in [1.29, 1.82) is 0 Å². The molecule has 1 saturated heterocycles. The monoisotopic (exact) mass is 832 g/mol. The molecule has 12 nitrogen and oxygen atoms in total. The molecule has 4 aromatic rings. The van der Waals surface area contributed by atoms with Crippen LogP contribution in [0.25, 0.3) is 0 Å². The number of fused-ring (bicyclic) bond motifs is 4. The molecule has 316 valence electrons. The van der Waals surface area contributed by atoms with E-state index in [4.69, 9.17) is 9.47 Å². The highest BCUT2D eigenvalue weighted by Gasteiger charge is 2.67. The van der Waals surface area contributed by atoms with Gasteiger partial charge >= 0.3 is 0 Å². The third-order valence-corrected chi connectivity index (χ3v) is 15.4. The lowest BCUT2D eigenvalue weighted by molar-refractivity contribution is -0.150. The van der Waals surface area contributed by atoms with Crippen LogP contribution in [0.2, 0.25) is 18.6 Å². The number of carbonyl (C=O) groups is 3. The molecule has 13 heteroatoms. The fourth-order valence-electron chi connectivity index (χ4n) is 10.2. The van der Waals surface area contributed by atoms with Crippen LogP contribution < -0.4 is 19.9 Å². The summed E-state index contributed by atoms with van der Waals surface area (Å²) in [5.41, 5.74) is 4.01. The van der Waals surface area contributed by atoms with Crippen molar-refractivity contribution < 1.29 is 38.9 Å². The molecule has 1 fully saturated rings. The number of nitrogens with zero attached hydrogens (tertiary/aromatic N) is 3. The Morgan fingerprint density at radius 1 is 0.883 bits per heavy atom. The second-order valence-corrected chi connectivity index (χ2v) is 21.1. The first-order chi connectivity index (χ1) is 28.9. The SMILES string of the molecule is CCOc1ccc2c(c1)CC(NCCCCO)C(=O)N2c1ccc2c(c1)[C@]1(O[C@@H](CC(=O)N3Cc4ccccc4C[C@H]3CO)[C@H]([Si](C)(C)O)[C@H]1C)C(=O)N2c1ccccc1. The van der Waals surface area contributed by atoms with Gasteiger partial charge in [-0.25, -0.2) is 0 Å². The molecule has 3 amide bonds. The first-order valence-electron chi connectivity index (χ1n) is 21.3. The maximum atomic E-state index is 15.4. The molecule has 4 heterocycles. The number of hydrogen-bond acceptors (Lipinski definition) is 9. The number of benzene rings is 4. The van der Waals surface area contributed by atoms with Crippen LogP contribution in [0, 0.1) is 5.92 Å². The Hall–Kier alpha value is -4.89. The van der Waals surface area contributed by atoms with Crippen LogP contribution >= 0.6 is 0 Å². The van der Waals surface area contributed by atoms with E-state index in [1.807, 2.05) is 118 Å². The fourth-order valence-corrected chi connectivity index (χ4v) is 12.8. The highest BCUT2D eigenvalue weighted by atomic mass is 28.4. The van der Waals surface area contributed by atoms with Crippen molar-refractivity contribution in [2.24, 2.45) is 5.92 Å². The second kappa shape index (κ2) is 16.9. The summed E-state index contributed by atoms with van der Waals surface area (Å²) in [7, 11) is -3.16. The maximum Gasteiger partial charge on any atom is 0.268 e. The van der Waals surface area contributed by atoms with Crippen LogP contribution in [0.4, 0.5) is 22.7 Å². The number of ether oxygens (including phenoxy) is 2.